The Kier molecular flexibility index (Phi) is 4.48. The molecule has 1 aromatic heterocycles. The van der Waals surface area contributed by atoms with Gasteiger partial charge in [-0.1, -0.05) is 30.3 Å². The fraction of sp³-hybridized carbons (Fsp3) is 0.333. The number of rotatable bonds is 6. The van der Waals surface area contributed by atoms with Crippen molar-refractivity contribution >= 4 is 10.0 Å². The number of benzene rings is 1. The summed E-state index contributed by atoms with van der Waals surface area (Å²) in [6.07, 6.45) is 1.19. The second kappa shape index (κ2) is 6.12. The zero-order valence-electron chi connectivity index (χ0n) is 11.0. The molecule has 1 unspecified atom stereocenters. The Hall–Kier alpha value is -1.77. The first-order valence-corrected chi connectivity index (χ1v) is 7.57. The molecule has 2 aromatic rings. The lowest BCUT2D eigenvalue weighted by molar-refractivity contribution is 0.0393. The maximum absolute atomic E-state index is 11.1. The van der Waals surface area contributed by atoms with Crippen molar-refractivity contribution in [2.75, 3.05) is 0 Å². The first kappa shape index (κ1) is 14.6. The summed E-state index contributed by atoms with van der Waals surface area (Å²) in [7, 11) is -3.86. The van der Waals surface area contributed by atoms with E-state index in [9.17, 15) is 8.42 Å². The van der Waals surface area contributed by atoms with Gasteiger partial charge in [-0.2, -0.15) is 0 Å². The molecule has 0 radical (unpaired) electrons. The number of hydrogen-bond acceptors (Lipinski definition) is 5. The molecule has 0 aliphatic carbocycles. The summed E-state index contributed by atoms with van der Waals surface area (Å²) in [6.45, 7) is 2.76. The number of nitrogens with two attached hydrogens (primary N) is 1. The van der Waals surface area contributed by atoms with E-state index in [-0.39, 0.29) is 11.3 Å². The molecule has 0 saturated heterocycles. The fourth-order valence-electron chi connectivity index (χ4n) is 1.62. The van der Waals surface area contributed by atoms with Gasteiger partial charge in [0.2, 0.25) is 0 Å². The van der Waals surface area contributed by atoms with Crippen LogP contribution in [-0.2, 0) is 27.9 Å². The maximum Gasteiger partial charge on any atom is 0.281 e. The van der Waals surface area contributed by atoms with Crippen LogP contribution in [0.15, 0.2) is 41.8 Å². The fourth-order valence-corrected chi connectivity index (χ4v) is 2.04. The Morgan fingerprint density at radius 3 is 2.65 bits per heavy atom. The predicted octanol–water partition coefficient (Wildman–Crippen LogP) is 0.531. The molecule has 0 bridgehead atoms. The largest absolute Gasteiger partial charge is 0.372 e. The summed E-state index contributed by atoms with van der Waals surface area (Å²) in [5, 5.41) is 8.35. The van der Waals surface area contributed by atoms with E-state index in [1.165, 1.54) is 11.0 Å². The summed E-state index contributed by atoms with van der Waals surface area (Å²) in [6, 6.07) is 9.78. The highest BCUT2D eigenvalue weighted by Crippen LogP contribution is 2.05. The quantitative estimate of drug-likeness (QED) is 0.838. The van der Waals surface area contributed by atoms with Crippen LogP contribution in [0.1, 0.15) is 12.5 Å². The van der Waals surface area contributed by atoms with Crippen LogP contribution >= 0.6 is 0 Å². The average molecular weight is 296 g/mol. The number of sulfonamides is 1. The van der Waals surface area contributed by atoms with Crippen LogP contribution in [-0.4, -0.2) is 29.3 Å². The normalized spacial score (nSPS) is 13.3. The first-order valence-electron chi connectivity index (χ1n) is 6.03. The van der Waals surface area contributed by atoms with E-state index in [0.29, 0.717) is 13.2 Å². The minimum Gasteiger partial charge on any atom is -0.372 e. The Morgan fingerprint density at radius 2 is 2.05 bits per heavy atom. The van der Waals surface area contributed by atoms with E-state index in [1.807, 2.05) is 37.3 Å². The lowest BCUT2D eigenvalue weighted by atomic mass is 10.2. The van der Waals surface area contributed by atoms with Crippen LogP contribution < -0.4 is 5.14 Å². The van der Waals surface area contributed by atoms with Gasteiger partial charge in [-0.25, -0.2) is 23.2 Å². The van der Waals surface area contributed by atoms with Crippen LogP contribution in [0.3, 0.4) is 0 Å². The molecule has 1 atom stereocenters. The van der Waals surface area contributed by atoms with Crippen molar-refractivity contribution in [3.05, 3.63) is 42.2 Å². The summed E-state index contributed by atoms with van der Waals surface area (Å²) < 4.78 is 29.2. The Balaban J connectivity index is 1.88. The van der Waals surface area contributed by atoms with Gasteiger partial charge in [0.1, 0.15) is 6.33 Å². The SMILES string of the molecule is CC(Cn1cnc(S(N)(=O)=O)n1)OCc1ccccc1. The van der Waals surface area contributed by atoms with E-state index in [2.05, 4.69) is 10.1 Å². The summed E-state index contributed by atoms with van der Waals surface area (Å²) in [5.74, 6) is 0. The molecule has 0 aliphatic heterocycles. The maximum atomic E-state index is 11.1. The number of nitrogens with zero attached hydrogens (tertiary/aromatic N) is 3. The summed E-state index contributed by atoms with van der Waals surface area (Å²) in [4.78, 5) is 3.64. The standard InChI is InChI=1S/C12H16N4O3S/c1-10(19-8-11-5-3-2-4-6-11)7-16-9-14-12(15-16)20(13,17)18/h2-6,9-10H,7-8H2,1H3,(H2,13,17,18). The van der Waals surface area contributed by atoms with Crippen molar-refractivity contribution in [2.45, 2.75) is 31.3 Å². The molecule has 20 heavy (non-hydrogen) atoms. The third-order valence-corrected chi connectivity index (χ3v) is 3.29. The Morgan fingerprint density at radius 1 is 1.35 bits per heavy atom. The molecule has 2 N–H and O–H groups in total. The highest BCUT2D eigenvalue weighted by Gasteiger charge is 2.14. The van der Waals surface area contributed by atoms with Gasteiger partial charge in [0, 0.05) is 0 Å². The Bertz CT molecular complexity index is 654. The van der Waals surface area contributed by atoms with Gasteiger partial charge < -0.3 is 4.74 Å². The van der Waals surface area contributed by atoms with Crippen LogP contribution in [0.4, 0.5) is 0 Å². The van der Waals surface area contributed by atoms with Gasteiger partial charge in [0.25, 0.3) is 15.2 Å². The van der Waals surface area contributed by atoms with Gasteiger partial charge in [-0.05, 0) is 12.5 Å². The number of aromatic nitrogens is 3. The Labute approximate surface area is 117 Å². The minimum absolute atomic E-state index is 0.134. The molecule has 8 heteroatoms. The van der Waals surface area contributed by atoms with Crippen LogP contribution in [0.25, 0.3) is 0 Å². The van der Waals surface area contributed by atoms with Crippen LogP contribution in [0.5, 0.6) is 0 Å². The van der Waals surface area contributed by atoms with Crippen LogP contribution in [0.2, 0.25) is 0 Å². The molecule has 1 aromatic carbocycles. The lowest BCUT2D eigenvalue weighted by Crippen LogP contribution is -2.18. The third kappa shape index (κ3) is 4.12. The first-order chi connectivity index (χ1) is 9.45. The zero-order chi connectivity index (χ0) is 14.6. The monoisotopic (exact) mass is 296 g/mol. The van der Waals surface area contributed by atoms with Gasteiger partial charge >= 0.3 is 0 Å². The van der Waals surface area contributed by atoms with Crippen molar-refractivity contribution in [2.24, 2.45) is 5.14 Å². The third-order valence-electron chi connectivity index (χ3n) is 2.59. The van der Waals surface area contributed by atoms with E-state index < -0.39 is 10.0 Å². The van der Waals surface area contributed by atoms with Crippen molar-refractivity contribution in [1.82, 2.24) is 14.8 Å². The molecule has 7 nitrogen and oxygen atoms in total. The number of hydrogen-bond donors (Lipinski definition) is 1. The topological polar surface area (TPSA) is 100 Å². The minimum atomic E-state index is -3.86. The summed E-state index contributed by atoms with van der Waals surface area (Å²) >= 11 is 0. The van der Waals surface area contributed by atoms with E-state index >= 15 is 0 Å². The molecule has 0 saturated carbocycles. The molecule has 108 valence electrons. The molecule has 2 rings (SSSR count). The molecular weight excluding hydrogens is 280 g/mol. The van der Waals surface area contributed by atoms with Gasteiger partial charge in [-0.3, -0.25) is 0 Å². The second-order valence-corrected chi connectivity index (χ2v) is 5.86. The molecular formula is C12H16N4O3S. The number of ether oxygens (including phenoxy) is 1. The highest BCUT2D eigenvalue weighted by atomic mass is 32.2. The van der Waals surface area contributed by atoms with Gasteiger partial charge in [0.15, 0.2) is 0 Å². The molecule has 0 spiro atoms. The van der Waals surface area contributed by atoms with E-state index in [0.717, 1.165) is 5.56 Å². The van der Waals surface area contributed by atoms with E-state index in [4.69, 9.17) is 9.88 Å². The molecule has 0 aliphatic rings. The van der Waals surface area contributed by atoms with Crippen molar-refractivity contribution < 1.29 is 13.2 Å². The lowest BCUT2D eigenvalue weighted by Gasteiger charge is -2.12. The average Bonchev–Trinajstić information content (AvgIpc) is 2.86. The molecule has 1 heterocycles. The van der Waals surface area contributed by atoms with Crippen molar-refractivity contribution in [1.29, 1.82) is 0 Å². The van der Waals surface area contributed by atoms with Gasteiger partial charge in [-0.15, -0.1) is 5.10 Å². The smallest absolute Gasteiger partial charge is 0.281 e. The van der Waals surface area contributed by atoms with Crippen LogP contribution in [0, 0.1) is 0 Å². The summed E-state index contributed by atoms with van der Waals surface area (Å²) in [5.41, 5.74) is 1.07. The predicted molar refractivity (Wildman–Crippen MR) is 72.1 cm³/mol. The highest BCUT2D eigenvalue weighted by molar-refractivity contribution is 7.89. The van der Waals surface area contributed by atoms with Crippen molar-refractivity contribution in [3.63, 3.8) is 0 Å². The molecule has 0 fully saturated rings. The number of primary sulfonamides is 1. The van der Waals surface area contributed by atoms with Crippen molar-refractivity contribution in [3.8, 4) is 0 Å². The second-order valence-electron chi connectivity index (χ2n) is 4.40. The molecule has 0 amide bonds. The van der Waals surface area contributed by atoms with Gasteiger partial charge in [0.05, 0.1) is 19.3 Å². The zero-order valence-corrected chi connectivity index (χ0v) is 11.8. The van der Waals surface area contributed by atoms with E-state index in [1.54, 1.807) is 0 Å².